The molecule has 0 saturated carbocycles. The van der Waals surface area contributed by atoms with Crippen LogP contribution in [0.15, 0.2) is 40.4 Å². The standard InChI is InChI=1S/C23H25N3O8/c1-5-32-20(27)13-33-19-11-15(25(2)3)7-6-14(19)10-17-21(28)26(23(30)24-17)12-16-8-9-18(34-16)22(29)31-4/h6-11H,5,12-13H2,1-4H3,(H,24,30)/b17-10-. The zero-order chi connectivity index (χ0) is 24.8. The van der Waals surface area contributed by atoms with Gasteiger partial charge in [-0.3, -0.25) is 9.69 Å². The highest BCUT2D eigenvalue weighted by atomic mass is 16.6. The summed E-state index contributed by atoms with van der Waals surface area (Å²) < 4.78 is 20.4. The van der Waals surface area contributed by atoms with Gasteiger partial charge in [0.05, 0.1) is 20.3 Å². The first-order valence-electron chi connectivity index (χ1n) is 10.3. The highest BCUT2D eigenvalue weighted by Crippen LogP contribution is 2.28. The van der Waals surface area contributed by atoms with Crippen LogP contribution in [-0.4, -0.2) is 63.2 Å². The minimum absolute atomic E-state index is 0.0170. The number of carbonyl (C=O) groups is 4. The number of hydrogen-bond donors (Lipinski definition) is 1. The van der Waals surface area contributed by atoms with Crippen molar-refractivity contribution in [2.75, 3.05) is 39.3 Å². The molecule has 0 spiro atoms. The van der Waals surface area contributed by atoms with Crippen LogP contribution in [0, 0.1) is 0 Å². The summed E-state index contributed by atoms with van der Waals surface area (Å²) in [6, 6.07) is 7.46. The predicted molar refractivity (Wildman–Crippen MR) is 120 cm³/mol. The van der Waals surface area contributed by atoms with Gasteiger partial charge in [0, 0.05) is 31.4 Å². The van der Waals surface area contributed by atoms with Crippen LogP contribution in [0.3, 0.4) is 0 Å². The fourth-order valence-electron chi connectivity index (χ4n) is 3.08. The van der Waals surface area contributed by atoms with E-state index in [-0.39, 0.29) is 37.0 Å². The monoisotopic (exact) mass is 471 g/mol. The Bertz CT molecular complexity index is 1130. The van der Waals surface area contributed by atoms with Gasteiger partial charge >= 0.3 is 18.0 Å². The maximum Gasteiger partial charge on any atom is 0.373 e. The lowest BCUT2D eigenvalue weighted by atomic mass is 10.1. The van der Waals surface area contributed by atoms with Crippen LogP contribution in [0.25, 0.3) is 6.08 Å². The van der Waals surface area contributed by atoms with Gasteiger partial charge in [-0.1, -0.05) is 0 Å². The lowest BCUT2D eigenvalue weighted by molar-refractivity contribution is -0.145. The smallest absolute Gasteiger partial charge is 0.373 e. The number of carbonyl (C=O) groups excluding carboxylic acids is 4. The number of esters is 2. The molecule has 1 saturated heterocycles. The number of ether oxygens (including phenoxy) is 3. The van der Waals surface area contributed by atoms with Gasteiger partial charge in [0.2, 0.25) is 5.76 Å². The van der Waals surface area contributed by atoms with Crippen molar-refractivity contribution in [2.24, 2.45) is 0 Å². The minimum Gasteiger partial charge on any atom is -0.481 e. The molecule has 1 N–H and O–H groups in total. The number of nitrogens with one attached hydrogen (secondary N) is 1. The molecule has 0 unspecified atom stereocenters. The molecule has 0 bridgehead atoms. The first-order chi connectivity index (χ1) is 16.2. The molecule has 11 heteroatoms. The Hall–Kier alpha value is -4.28. The van der Waals surface area contributed by atoms with E-state index in [9.17, 15) is 19.2 Å². The average Bonchev–Trinajstić information content (AvgIpc) is 3.38. The molecule has 1 aromatic carbocycles. The normalized spacial score (nSPS) is 14.2. The summed E-state index contributed by atoms with van der Waals surface area (Å²) >= 11 is 0. The van der Waals surface area contributed by atoms with Crippen molar-refractivity contribution in [3.05, 3.63) is 53.1 Å². The SMILES string of the molecule is CCOC(=O)COc1cc(N(C)C)ccc1/C=C1\NC(=O)N(Cc2ccc(C(=O)OC)o2)C1=O. The molecule has 2 heterocycles. The van der Waals surface area contributed by atoms with E-state index in [1.165, 1.54) is 25.3 Å². The van der Waals surface area contributed by atoms with Crippen molar-refractivity contribution < 1.29 is 37.8 Å². The predicted octanol–water partition coefficient (Wildman–Crippen LogP) is 2.17. The number of anilines is 1. The Labute approximate surface area is 195 Å². The number of benzene rings is 1. The van der Waals surface area contributed by atoms with Crippen LogP contribution in [0.4, 0.5) is 10.5 Å². The van der Waals surface area contributed by atoms with Crippen molar-refractivity contribution >= 4 is 35.6 Å². The zero-order valence-electron chi connectivity index (χ0n) is 19.2. The highest BCUT2D eigenvalue weighted by Gasteiger charge is 2.34. The first-order valence-corrected chi connectivity index (χ1v) is 10.3. The Morgan fingerprint density at radius 1 is 1.18 bits per heavy atom. The number of furan rings is 1. The van der Waals surface area contributed by atoms with Gasteiger partial charge in [0.15, 0.2) is 6.61 Å². The van der Waals surface area contributed by atoms with Crippen molar-refractivity contribution in [1.29, 1.82) is 0 Å². The van der Waals surface area contributed by atoms with Crippen LogP contribution in [0.1, 0.15) is 28.8 Å². The highest BCUT2D eigenvalue weighted by molar-refractivity contribution is 6.14. The fraction of sp³-hybridized carbons (Fsp3) is 0.304. The van der Waals surface area contributed by atoms with E-state index in [0.717, 1.165) is 10.6 Å². The number of rotatable bonds is 9. The van der Waals surface area contributed by atoms with Gasteiger partial charge in [0.25, 0.3) is 5.91 Å². The zero-order valence-corrected chi connectivity index (χ0v) is 19.2. The first kappa shape index (κ1) is 24.4. The molecule has 34 heavy (non-hydrogen) atoms. The Morgan fingerprint density at radius 3 is 2.62 bits per heavy atom. The molecular formula is C23H25N3O8. The van der Waals surface area contributed by atoms with E-state index in [1.54, 1.807) is 25.1 Å². The van der Waals surface area contributed by atoms with Crippen LogP contribution in [0.5, 0.6) is 5.75 Å². The van der Waals surface area contributed by atoms with E-state index < -0.39 is 23.9 Å². The minimum atomic E-state index is -0.666. The second kappa shape index (κ2) is 10.6. The summed E-state index contributed by atoms with van der Waals surface area (Å²) in [5, 5.41) is 2.52. The maximum absolute atomic E-state index is 12.9. The van der Waals surface area contributed by atoms with Crippen molar-refractivity contribution in [2.45, 2.75) is 13.5 Å². The number of urea groups is 1. The summed E-state index contributed by atoms with van der Waals surface area (Å²) in [6.45, 7) is 1.43. The van der Waals surface area contributed by atoms with Gasteiger partial charge in [-0.2, -0.15) is 0 Å². The van der Waals surface area contributed by atoms with Crippen molar-refractivity contribution in [1.82, 2.24) is 10.2 Å². The summed E-state index contributed by atoms with van der Waals surface area (Å²) in [5.74, 6) is -1.25. The molecule has 180 valence electrons. The second-order valence-corrected chi connectivity index (χ2v) is 7.35. The Morgan fingerprint density at radius 2 is 1.94 bits per heavy atom. The molecule has 1 aromatic heterocycles. The molecule has 1 fully saturated rings. The molecular weight excluding hydrogens is 446 g/mol. The van der Waals surface area contributed by atoms with E-state index in [0.29, 0.717) is 11.3 Å². The average molecular weight is 471 g/mol. The third kappa shape index (κ3) is 5.55. The maximum atomic E-state index is 12.9. The van der Waals surface area contributed by atoms with E-state index in [4.69, 9.17) is 13.9 Å². The molecule has 11 nitrogen and oxygen atoms in total. The van der Waals surface area contributed by atoms with Crippen molar-refractivity contribution in [3.8, 4) is 5.75 Å². The Balaban J connectivity index is 1.82. The van der Waals surface area contributed by atoms with Crippen molar-refractivity contribution in [3.63, 3.8) is 0 Å². The summed E-state index contributed by atoms with van der Waals surface area (Å²) in [4.78, 5) is 51.4. The third-order valence-corrected chi connectivity index (χ3v) is 4.79. The van der Waals surface area contributed by atoms with Gasteiger partial charge < -0.3 is 28.8 Å². The number of imide groups is 1. The molecule has 1 aliphatic heterocycles. The van der Waals surface area contributed by atoms with E-state index in [2.05, 4.69) is 10.1 Å². The molecule has 0 radical (unpaired) electrons. The molecule has 2 aromatic rings. The van der Waals surface area contributed by atoms with Crippen LogP contribution < -0.4 is 15.0 Å². The van der Waals surface area contributed by atoms with Crippen LogP contribution in [0.2, 0.25) is 0 Å². The number of methoxy groups -OCH3 is 1. The molecule has 3 amide bonds. The second-order valence-electron chi connectivity index (χ2n) is 7.35. The fourth-order valence-corrected chi connectivity index (χ4v) is 3.08. The van der Waals surface area contributed by atoms with E-state index in [1.807, 2.05) is 19.0 Å². The summed E-state index contributed by atoms with van der Waals surface area (Å²) in [7, 11) is 4.91. The van der Waals surface area contributed by atoms with E-state index >= 15 is 0 Å². The number of hydrogen-bond acceptors (Lipinski definition) is 9. The topological polar surface area (TPSA) is 128 Å². The Kier molecular flexibility index (Phi) is 7.57. The molecule has 0 aliphatic carbocycles. The molecule has 3 rings (SSSR count). The van der Waals surface area contributed by atoms with Gasteiger partial charge in [-0.25, -0.2) is 14.4 Å². The van der Waals surface area contributed by atoms with Gasteiger partial charge in [-0.15, -0.1) is 0 Å². The largest absolute Gasteiger partial charge is 0.481 e. The number of amides is 3. The lowest BCUT2D eigenvalue weighted by Gasteiger charge is -2.16. The summed E-state index contributed by atoms with van der Waals surface area (Å²) in [6.07, 6.45) is 1.46. The third-order valence-electron chi connectivity index (χ3n) is 4.79. The van der Waals surface area contributed by atoms with Crippen LogP contribution in [-0.2, 0) is 25.6 Å². The molecule has 1 aliphatic rings. The number of nitrogens with zero attached hydrogens (tertiary/aromatic N) is 2. The van der Waals surface area contributed by atoms with Gasteiger partial charge in [-0.05, 0) is 37.3 Å². The van der Waals surface area contributed by atoms with Crippen LogP contribution >= 0.6 is 0 Å². The lowest BCUT2D eigenvalue weighted by Crippen LogP contribution is -2.30. The van der Waals surface area contributed by atoms with Gasteiger partial charge in [0.1, 0.15) is 17.2 Å². The molecule has 0 atom stereocenters. The quantitative estimate of drug-likeness (QED) is 0.332. The summed E-state index contributed by atoms with van der Waals surface area (Å²) in [5.41, 5.74) is 1.30.